The maximum absolute atomic E-state index is 12.1. The maximum Gasteiger partial charge on any atom is 0.351 e. The van der Waals surface area contributed by atoms with Crippen molar-refractivity contribution >= 4 is 5.82 Å². The van der Waals surface area contributed by atoms with Crippen LogP contribution < -0.4 is 11.0 Å². The van der Waals surface area contributed by atoms with Crippen molar-refractivity contribution in [2.75, 3.05) is 18.5 Å². The average Bonchev–Trinajstić information content (AvgIpc) is 2.96. The minimum Gasteiger partial charge on any atom is -0.394 e. The molecule has 1 fully saturated rings. The van der Waals surface area contributed by atoms with E-state index in [9.17, 15) is 9.90 Å². The Morgan fingerprint density at radius 1 is 1.29 bits per heavy atom. The molecule has 1 aliphatic heterocycles. The number of aliphatic hydroxyl groups excluding tert-OH is 2. The van der Waals surface area contributed by atoms with Gasteiger partial charge in [0, 0.05) is 19.2 Å². The zero-order chi connectivity index (χ0) is 16.9. The number of anilines is 1. The highest BCUT2D eigenvalue weighted by molar-refractivity contribution is 5.32. The number of ether oxygens (including phenoxy) is 1. The van der Waals surface area contributed by atoms with E-state index in [1.165, 1.54) is 10.1 Å². The molecule has 3 atom stereocenters. The van der Waals surface area contributed by atoms with Gasteiger partial charge in [0.25, 0.3) is 0 Å². The average molecular weight is 331 g/mol. The van der Waals surface area contributed by atoms with Crippen molar-refractivity contribution < 1.29 is 14.9 Å². The molecular weight excluding hydrogens is 310 g/mol. The largest absolute Gasteiger partial charge is 0.394 e. The van der Waals surface area contributed by atoms with Gasteiger partial charge >= 0.3 is 5.69 Å². The van der Waals surface area contributed by atoms with E-state index in [-0.39, 0.29) is 13.0 Å². The lowest BCUT2D eigenvalue weighted by Crippen LogP contribution is -2.28. The molecule has 1 aromatic carbocycles. The molecule has 2 aromatic rings. The molecule has 0 bridgehead atoms. The van der Waals surface area contributed by atoms with Crippen LogP contribution in [0.25, 0.3) is 0 Å². The number of hydrogen-bond acceptors (Lipinski definition) is 6. The van der Waals surface area contributed by atoms with Crippen LogP contribution in [0.15, 0.2) is 47.4 Å². The van der Waals surface area contributed by atoms with Gasteiger partial charge in [0.15, 0.2) is 0 Å². The van der Waals surface area contributed by atoms with Crippen molar-refractivity contribution in [3.8, 4) is 0 Å². The third-order valence-electron chi connectivity index (χ3n) is 4.09. The molecule has 0 radical (unpaired) electrons. The molecule has 7 nitrogen and oxygen atoms in total. The normalized spacial score (nSPS) is 23.3. The molecule has 0 amide bonds. The fourth-order valence-corrected chi connectivity index (χ4v) is 2.76. The summed E-state index contributed by atoms with van der Waals surface area (Å²) < 4.78 is 6.81. The van der Waals surface area contributed by atoms with Gasteiger partial charge in [-0.25, -0.2) is 4.79 Å². The zero-order valence-electron chi connectivity index (χ0n) is 13.2. The van der Waals surface area contributed by atoms with Crippen molar-refractivity contribution in [3.05, 3.63) is 58.6 Å². The second-order valence-corrected chi connectivity index (χ2v) is 5.78. The van der Waals surface area contributed by atoms with E-state index in [1.807, 2.05) is 30.3 Å². The molecule has 1 saturated heterocycles. The van der Waals surface area contributed by atoms with Gasteiger partial charge in [-0.05, 0) is 18.1 Å². The van der Waals surface area contributed by atoms with Crippen molar-refractivity contribution in [2.45, 2.75) is 31.3 Å². The summed E-state index contributed by atoms with van der Waals surface area (Å²) in [5.41, 5.74) is 0.761. The number of nitrogens with zero attached hydrogens (tertiary/aromatic N) is 2. The molecule has 128 valence electrons. The van der Waals surface area contributed by atoms with E-state index in [1.54, 1.807) is 12.3 Å². The van der Waals surface area contributed by atoms with E-state index < -0.39 is 24.1 Å². The SMILES string of the molecule is O=c1nc(NCCc2ccccc2)ccn1[C@H]1C[C@H](O)[C@@H](CO)O1. The summed E-state index contributed by atoms with van der Waals surface area (Å²) in [6.45, 7) is 0.394. The highest BCUT2D eigenvalue weighted by Gasteiger charge is 2.34. The van der Waals surface area contributed by atoms with Gasteiger partial charge in [0.2, 0.25) is 0 Å². The minimum absolute atomic E-state index is 0.258. The van der Waals surface area contributed by atoms with Gasteiger partial charge in [-0.2, -0.15) is 4.98 Å². The third kappa shape index (κ3) is 3.81. The molecular formula is C17H21N3O4. The fourth-order valence-electron chi connectivity index (χ4n) is 2.76. The first-order valence-electron chi connectivity index (χ1n) is 7.99. The van der Waals surface area contributed by atoms with E-state index >= 15 is 0 Å². The van der Waals surface area contributed by atoms with E-state index in [4.69, 9.17) is 9.84 Å². The molecule has 24 heavy (non-hydrogen) atoms. The van der Waals surface area contributed by atoms with Crippen LogP contribution in [0.3, 0.4) is 0 Å². The number of benzene rings is 1. The lowest BCUT2D eigenvalue weighted by Gasteiger charge is -2.14. The van der Waals surface area contributed by atoms with Gasteiger partial charge in [0.1, 0.15) is 18.1 Å². The minimum atomic E-state index is -0.782. The molecule has 7 heteroatoms. The summed E-state index contributed by atoms with van der Waals surface area (Å²) >= 11 is 0. The second-order valence-electron chi connectivity index (χ2n) is 5.78. The summed E-state index contributed by atoms with van der Waals surface area (Å²) in [5.74, 6) is 0.504. The first-order valence-corrected chi connectivity index (χ1v) is 7.99. The molecule has 2 heterocycles. The van der Waals surface area contributed by atoms with Crippen molar-refractivity contribution in [3.63, 3.8) is 0 Å². The highest BCUT2D eigenvalue weighted by atomic mass is 16.5. The van der Waals surface area contributed by atoms with Crippen LogP contribution in [0.4, 0.5) is 5.82 Å². The molecule has 0 spiro atoms. The Hall–Kier alpha value is -2.22. The monoisotopic (exact) mass is 331 g/mol. The van der Waals surface area contributed by atoms with Crippen LogP contribution in [0.5, 0.6) is 0 Å². The topological polar surface area (TPSA) is 96.6 Å². The van der Waals surface area contributed by atoms with Crippen LogP contribution >= 0.6 is 0 Å². The highest BCUT2D eigenvalue weighted by Crippen LogP contribution is 2.27. The quantitative estimate of drug-likeness (QED) is 0.715. The smallest absolute Gasteiger partial charge is 0.351 e. The number of nitrogens with one attached hydrogen (secondary N) is 1. The van der Waals surface area contributed by atoms with E-state index in [2.05, 4.69) is 10.3 Å². The number of hydrogen-bond donors (Lipinski definition) is 3. The predicted octanol–water partition coefficient (Wildman–Crippen LogP) is 0.539. The van der Waals surface area contributed by atoms with Gasteiger partial charge in [-0.15, -0.1) is 0 Å². The lowest BCUT2D eigenvalue weighted by molar-refractivity contribution is -0.0458. The first-order chi connectivity index (χ1) is 11.7. The molecule has 0 aliphatic carbocycles. The van der Waals surface area contributed by atoms with Gasteiger partial charge in [0.05, 0.1) is 12.7 Å². The summed E-state index contributed by atoms with van der Waals surface area (Å²) in [5, 5.41) is 22.0. The van der Waals surface area contributed by atoms with Gasteiger partial charge < -0.3 is 20.3 Å². The Balaban J connectivity index is 1.60. The molecule has 3 rings (SSSR count). The summed E-state index contributed by atoms with van der Waals surface area (Å²) in [6.07, 6.45) is 0.642. The van der Waals surface area contributed by atoms with Crippen LogP contribution in [-0.2, 0) is 11.2 Å². The standard InChI is InChI=1S/C17H21N3O4/c21-11-14-13(22)10-16(24-14)20-9-7-15(19-17(20)23)18-8-6-12-4-2-1-3-5-12/h1-5,7,9,13-14,16,21-22H,6,8,10-11H2,(H,18,19,23)/t13-,14+,16+/m0/s1. The van der Waals surface area contributed by atoms with Crippen LogP contribution in [-0.4, -0.2) is 45.1 Å². The van der Waals surface area contributed by atoms with Gasteiger partial charge in [-0.3, -0.25) is 4.57 Å². The van der Waals surface area contributed by atoms with Crippen LogP contribution in [0, 0.1) is 0 Å². The van der Waals surface area contributed by atoms with Crippen LogP contribution in [0.2, 0.25) is 0 Å². The van der Waals surface area contributed by atoms with Crippen molar-refractivity contribution in [1.82, 2.24) is 9.55 Å². The Labute approximate surface area is 139 Å². The van der Waals surface area contributed by atoms with E-state index in [0.717, 1.165) is 6.42 Å². The van der Waals surface area contributed by atoms with Gasteiger partial charge in [-0.1, -0.05) is 30.3 Å². The zero-order valence-corrected chi connectivity index (χ0v) is 13.2. The molecule has 1 aromatic heterocycles. The second kappa shape index (κ2) is 7.57. The Kier molecular flexibility index (Phi) is 5.24. The number of rotatable bonds is 6. The first kappa shape index (κ1) is 16.6. The molecule has 0 unspecified atom stereocenters. The molecule has 3 N–H and O–H groups in total. The maximum atomic E-state index is 12.1. The Morgan fingerprint density at radius 2 is 2.08 bits per heavy atom. The van der Waals surface area contributed by atoms with Crippen molar-refractivity contribution in [1.29, 1.82) is 0 Å². The third-order valence-corrected chi connectivity index (χ3v) is 4.09. The Bertz CT molecular complexity index is 719. The van der Waals surface area contributed by atoms with Crippen LogP contribution in [0.1, 0.15) is 18.2 Å². The predicted molar refractivity (Wildman–Crippen MR) is 88.8 cm³/mol. The Morgan fingerprint density at radius 3 is 2.75 bits per heavy atom. The number of aromatic nitrogens is 2. The van der Waals surface area contributed by atoms with E-state index in [0.29, 0.717) is 12.4 Å². The summed E-state index contributed by atoms with van der Waals surface area (Å²) in [4.78, 5) is 16.1. The fraction of sp³-hybridized carbons (Fsp3) is 0.412. The summed E-state index contributed by atoms with van der Waals surface area (Å²) in [6, 6.07) is 11.8. The number of aliphatic hydroxyl groups is 2. The van der Waals surface area contributed by atoms with Crippen molar-refractivity contribution in [2.24, 2.45) is 0 Å². The summed E-state index contributed by atoms with van der Waals surface area (Å²) in [7, 11) is 0. The molecule has 0 saturated carbocycles. The lowest BCUT2D eigenvalue weighted by atomic mass is 10.1. The molecule has 1 aliphatic rings.